The maximum atomic E-state index is 13.0. The highest BCUT2D eigenvalue weighted by atomic mass is 19.1. The minimum absolute atomic E-state index is 0.233. The van der Waals surface area contributed by atoms with Gasteiger partial charge in [0, 0.05) is 5.56 Å². The van der Waals surface area contributed by atoms with Crippen LogP contribution in [0.15, 0.2) is 18.2 Å². The lowest BCUT2D eigenvalue weighted by atomic mass is 9.95. The van der Waals surface area contributed by atoms with Crippen LogP contribution in [0.5, 0.6) is 0 Å². The van der Waals surface area contributed by atoms with Gasteiger partial charge in [0.05, 0.1) is 6.07 Å². The molecule has 1 unspecified atom stereocenters. The first-order valence-electron chi connectivity index (χ1n) is 4.80. The molecule has 1 rings (SSSR count). The van der Waals surface area contributed by atoms with E-state index in [9.17, 15) is 9.18 Å². The fourth-order valence-corrected chi connectivity index (χ4v) is 1.33. The smallest absolute Gasteiger partial charge is 0.179 e. The Bertz CT molecular complexity index is 420. The van der Waals surface area contributed by atoms with Crippen LogP contribution in [0.4, 0.5) is 4.39 Å². The van der Waals surface area contributed by atoms with Gasteiger partial charge in [0.1, 0.15) is 11.7 Å². The van der Waals surface area contributed by atoms with Crippen LogP contribution < -0.4 is 0 Å². The molecule has 15 heavy (non-hydrogen) atoms. The first-order valence-corrected chi connectivity index (χ1v) is 4.80. The average Bonchev–Trinajstić information content (AvgIpc) is 2.23. The third-order valence-corrected chi connectivity index (χ3v) is 2.32. The molecule has 0 amide bonds. The molecule has 0 heterocycles. The molecule has 0 aliphatic rings. The van der Waals surface area contributed by atoms with Crippen molar-refractivity contribution in [3.8, 4) is 6.07 Å². The number of benzene rings is 1. The zero-order chi connectivity index (χ0) is 11.4. The summed E-state index contributed by atoms with van der Waals surface area (Å²) in [5.41, 5.74) is 0.830. The Hall–Kier alpha value is -1.69. The Morgan fingerprint density at radius 3 is 2.73 bits per heavy atom. The highest BCUT2D eigenvalue weighted by Crippen LogP contribution is 2.15. The summed E-state index contributed by atoms with van der Waals surface area (Å²) in [7, 11) is 0. The predicted octanol–water partition coefficient (Wildman–Crippen LogP) is 2.87. The molecule has 0 radical (unpaired) electrons. The second kappa shape index (κ2) is 4.70. The van der Waals surface area contributed by atoms with Gasteiger partial charge in [-0.05, 0) is 37.1 Å². The van der Waals surface area contributed by atoms with Crippen LogP contribution in [0.3, 0.4) is 0 Å². The van der Waals surface area contributed by atoms with Crippen LogP contribution in [0.1, 0.15) is 29.3 Å². The topological polar surface area (TPSA) is 40.9 Å². The van der Waals surface area contributed by atoms with E-state index in [0.29, 0.717) is 17.5 Å². The standard InChI is InChI=1S/C12H12FNO/c1-3-9(7-14)12(15)10-4-5-11(13)8(2)6-10/h4-6,9H,3H2,1-2H3. The van der Waals surface area contributed by atoms with Gasteiger partial charge in [0.25, 0.3) is 0 Å². The van der Waals surface area contributed by atoms with Crippen LogP contribution in [-0.2, 0) is 0 Å². The molecule has 0 saturated carbocycles. The quantitative estimate of drug-likeness (QED) is 0.712. The predicted molar refractivity (Wildman–Crippen MR) is 54.9 cm³/mol. The minimum Gasteiger partial charge on any atom is -0.293 e. The number of carbonyl (C=O) groups excluding carboxylic acids is 1. The van der Waals surface area contributed by atoms with Gasteiger partial charge in [0.15, 0.2) is 5.78 Å². The van der Waals surface area contributed by atoms with Gasteiger partial charge in [-0.15, -0.1) is 0 Å². The van der Waals surface area contributed by atoms with E-state index in [1.54, 1.807) is 13.8 Å². The highest BCUT2D eigenvalue weighted by Gasteiger charge is 2.17. The van der Waals surface area contributed by atoms with Crippen LogP contribution >= 0.6 is 0 Å². The largest absolute Gasteiger partial charge is 0.293 e. The molecule has 0 spiro atoms. The van der Waals surface area contributed by atoms with Crippen molar-refractivity contribution in [2.75, 3.05) is 0 Å². The molecular formula is C12H12FNO. The summed E-state index contributed by atoms with van der Waals surface area (Å²) >= 11 is 0. The maximum absolute atomic E-state index is 13.0. The Kier molecular flexibility index (Phi) is 3.56. The van der Waals surface area contributed by atoms with E-state index >= 15 is 0 Å². The fraction of sp³-hybridized carbons (Fsp3) is 0.333. The summed E-state index contributed by atoms with van der Waals surface area (Å²) in [6, 6.07) is 6.10. The van der Waals surface area contributed by atoms with E-state index in [4.69, 9.17) is 5.26 Å². The van der Waals surface area contributed by atoms with E-state index in [1.165, 1.54) is 18.2 Å². The van der Waals surface area contributed by atoms with Gasteiger partial charge in [-0.3, -0.25) is 4.79 Å². The minimum atomic E-state index is -0.630. The molecule has 0 aliphatic heterocycles. The number of hydrogen-bond donors (Lipinski definition) is 0. The summed E-state index contributed by atoms with van der Waals surface area (Å²) in [4.78, 5) is 11.7. The van der Waals surface area contributed by atoms with Crippen molar-refractivity contribution in [1.82, 2.24) is 0 Å². The number of ketones is 1. The molecule has 0 aromatic heterocycles. The lowest BCUT2D eigenvalue weighted by molar-refractivity contribution is 0.0946. The molecule has 78 valence electrons. The molecular weight excluding hydrogens is 193 g/mol. The molecule has 0 saturated heterocycles. The molecule has 1 atom stereocenters. The number of Topliss-reactive ketones (excluding diaryl/α,β-unsaturated/α-hetero) is 1. The molecule has 0 fully saturated rings. The molecule has 0 bridgehead atoms. The van der Waals surface area contributed by atoms with Crippen molar-refractivity contribution in [3.05, 3.63) is 35.1 Å². The van der Waals surface area contributed by atoms with E-state index in [-0.39, 0.29) is 11.6 Å². The van der Waals surface area contributed by atoms with Crippen LogP contribution in [0.25, 0.3) is 0 Å². The monoisotopic (exact) mass is 205 g/mol. The van der Waals surface area contributed by atoms with Gasteiger partial charge in [-0.2, -0.15) is 5.26 Å². The van der Waals surface area contributed by atoms with Gasteiger partial charge >= 0.3 is 0 Å². The lowest BCUT2D eigenvalue weighted by Gasteiger charge is -2.06. The zero-order valence-corrected chi connectivity index (χ0v) is 8.75. The zero-order valence-electron chi connectivity index (χ0n) is 8.75. The highest BCUT2D eigenvalue weighted by molar-refractivity contribution is 5.99. The van der Waals surface area contributed by atoms with Gasteiger partial charge < -0.3 is 0 Å². The van der Waals surface area contributed by atoms with Crippen LogP contribution in [0.2, 0.25) is 0 Å². The molecule has 1 aromatic rings. The van der Waals surface area contributed by atoms with Gasteiger partial charge in [0.2, 0.25) is 0 Å². The van der Waals surface area contributed by atoms with Crippen molar-refractivity contribution in [2.45, 2.75) is 20.3 Å². The van der Waals surface area contributed by atoms with E-state index in [1.807, 2.05) is 6.07 Å². The normalized spacial score (nSPS) is 11.9. The average molecular weight is 205 g/mol. The third-order valence-electron chi connectivity index (χ3n) is 2.32. The van der Waals surface area contributed by atoms with E-state index < -0.39 is 5.92 Å². The van der Waals surface area contributed by atoms with E-state index in [2.05, 4.69) is 0 Å². The number of nitrogens with zero attached hydrogens (tertiary/aromatic N) is 1. The molecule has 0 aliphatic carbocycles. The first-order chi connectivity index (χ1) is 7.10. The second-order valence-electron chi connectivity index (χ2n) is 3.42. The number of aryl methyl sites for hydroxylation is 1. The van der Waals surface area contributed by atoms with Crippen molar-refractivity contribution in [3.63, 3.8) is 0 Å². The molecule has 2 nitrogen and oxygen atoms in total. The SMILES string of the molecule is CCC(C#N)C(=O)c1ccc(F)c(C)c1. The number of halogens is 1. The number of rotatable bonds is 3. The molecule has 3 heteroatoms. The van der Waals surface area contributed by atoms with Crippen molar-refractivity contribution in [1.29, 1.82) is 5.26 Å². The number of carbonyl (C=O) groups is 1. The lowest BCUT2D eigenvalue weighted by Crippen LogP contribution is -2.12. The number of hydrogen-bond acceptors (Lipinski definition) is 2. The van der Waals surface area contributed by atoms with Crippen LogP contribution in [0, 0.1) is 30.0 Å². The summed E-state index contributed by atoms with van der Waals surface area (Å²) < 4.78 is 13.0. The second-order valence-corrected chi connectivity index (χ2v) is 3.42. The van der Waals surface area contributed by atoms with E-state index in [0.717, 1.165) is 0 Å². The first kappa shape index (κ1) is 11.4. The summed E-state index contributed by atoms with van der Waals surface area (Å²) in [5.74, 6) is -1.20. The molecule has 0 N–H and O–H groups in total. The van der Waals surface area contributed by atoms with Gasteiger partial charge in [-0.1, -0.05) is 6.92 Å². The Balaban J connectivity index is 3.02. The van der Waals surface area contributed by atoms with Crippen molar-refractivity contribution in [2.24, 2.45) is 5.92 Å². The van der Waals surface area contributed by atoms with Crippen molar-refractivity contribution >= 4 is 5.78 Å². The third kappa shape index (κ3) is 2.41. The maximum Gasteiger partial charge on any atom is 0.179 e. The number of nitriles is 1. The summed E-state index contributed by atoms with van der Waals surface area (Å²) in [6.45, 7) is 3.38. The Labute approximate surface area is 88.3 Å². The Morgan fingerprint density at radius 2 is 2.27 bits per heavy atom. The fourth-order valence-electron chi connectivity index (χ4n) is 1.33. The summed E-state index contributed by atoms with van der Waals surface area (Å²) in [5, 5.41) is 8.74. The molecule has 1 aromatic carbocycles. The van der Waals surface area contributed by atoms with Crippen LogP contribution in [-0.4, -0.2) is 5.78 Å². The van der Waals surface area contributed by atoms with Gasteiger partial charge in [-0.25, -0.2) is 4.39 Å². The van der Waals surface area contributed by atoms with Crippen molar-refractivity contribution < 1.29 is 9.18 Å². The Morgan fingerprint density at radius 1 is 1.60 bits per heavy atom. The summed E-state index contributed by atoms with van der Waals surface area (Å²) in [6.07, 6.45) is 0.478.